The molecule has 1 atom stereocenters. The molecule has 2 nitrogen and oxygen atoms in total. The summed E-state index contributed by atoms with van der Waals surface area (Å²) in [5.74, 6) is 1.62. The maximum Gasteiger partial charge on any atom is 0.246 e. The predicted molar refractivity (Wildman–Crippen MR) is 116 cm³/mol. The van der Waals surface area contributed by atoms with Crippen molar-refractivity contribution in [3.05, 3.63) is 12.2 Å². The molecule has 0 aromatic carbocycles. The first kappa shape index (κ1) is 25.2. The lowest BCUT2D eigenvalue weighted by Gasteiger charge is -2.21. The van der Waals surface area contributed by atoms with E-state index in [-0.39, 0.29) is 5.91 Å². The first-order valence-corrected chi connectivity index (χ1v) is 11.4. The van der Waals surface area contributed by atoms with Crippen LogP contribution >= 0.6 is 0 Å². The van der Waals surface area contributed by atoms with Crippen LogP contribution in [0.1, 0.15) is 118 Å². The van der Waals surface area contributed by atoms with Crippen molar-refractivity contribution in [2.45, 2.75) is 118 Å². The maximum atomic E-state index is 11.5. The zero-order valence-electron chi connectivity index (χ0n) is 18.4. The molecular weight excluding hydrogens is 318 g/mol. The summed E-state index contributed by atoms with van der Waals surface area (Å²) in [7, 11) is 0. The van der Waals surface area contributed by atoms with Gasteiger partial charge in [-0.05, 0) is 25.2 Å². The quantitative estimate of drug-likeness (QED) is 0.198. The van der Waals surface area contributed by atoms with Crippen molar-refractivity contribution in [2.24, 2.45) is 11.8 Å². The van der Waals surface area contributed by atoms with Crippen LogP contribution in [-0.2, 0) is 4.79 Å². The Hall–Kier alpha value is -0.790. The summed E-state index contributed by atoms with van der Waals surface area (Å²) in [5, 5.41) is 2.93. The van der Waals surface area contributed by atoms with Gasteiger partial charge < -0.3 is 5.32 Å². The Morgan fingerprint density at radius 2 is 1.27 bits per heavy atom. The van der Waals surface area contributed by atoms with Crippen LogP contribution in [0.25, 0.3) is 0 Å². The Balaban J connectivity index is 3.59. The van der Waals surface area contributed by atoms with Crippen LogP contribution in [-0.4, -0.2) is 12.5 Å². The summed E-state index contributed by atoms with van der Waals surface area (Å²) in [6.45, 7) is 13.2. The number of hydrogen-bond donors (Lipinski definition) is 1. The highest BCUT2D eigenvalue weighted by Crippen LogP contribution is 2.24. The molecule has 2 heteroatoms. The molecule has 0 aliphatic carbocycles. The first-order valence-electron chi connectivity index (χ1n) is 11.4. The molecule has 0 aromatic heterocycles. The summed E-state index contributed by atoms with van der Waals surface area (Å²) in [5.41, 5.74) is 0.603. The minimum atomic E-state index is -0.00391. The van der Waals surface area contributed by atoms with Crippen LogP contribution in [0.15, 0.2) is 12.2 Å². The molecule has 0 bridgehead atoms. The van der Waals surface area contributed by atoms with Crippen molar-refractivity contribution < 1.29 is 4.79 Å². The van der Waals surface area contributed by atoms with Crippen LogP contribution in [0, 0.1) is 11.8 Å². The topological polar surface area (TPSA) is 29.1 Å². The molecule has 0 radical (unpaired) electrons. The highest BCUT2D eigenvalue weighted by atomic mass is 16.1. The molecule has 26 heavy (non-hydrogen) atoms. The van der Waals surface area contributed by atoms with Crippen molar-refractivity contribution in [2.75, 3.05) is 6.54 Å². The van der Waals surface area contributed by atoms with Gasteiger partial charge >= 0.3 is 0 Å². The number of hydrogen-bond acceptors (Lipinski definition) is 1. The maximum absolute atomic E-state index is 11.5. The van der Waals surface area contributed by atoms with Crippen LogP contribution in [0.3, 0.4) is 0 Å². The Bertz CT molecular complexity index is 348. The number of nitrogens with one attached hydrogen (secondary N) is 1. The lowest BCUT2D eigenvalue weighted by atomic mass is 9.86. The molecule has 0 aliphatic heterocycles. The number of carbonyl (C=O) groups is 1. The van der Waals surface area contributed by atoms with Crippen LogP contribution in [0.2, 0.25) is 0 Å². The lowest BCUT2D eigenvalue weighted by molar-refractivity contribution is -0.117. The molecule has 0 saturated heterocycles. The molecule has 0 fully saturated rings. The molecule has 1 amide bonds. The number of carbonyl (C=O) groups excluding carboxylic acids is 1. The van der Waals surface area contributed by atoms with Gasteiger partial charge in [0.25, 0.3) is 0 Å². The fourth-order valence-corrected chi connectivity index (χ4v) is 3.59. The van der Waals surface area contributed by atoms with Gasteiger partial charge in [-0.25, -0.2) is 0 Å². The fourth-order valence-electron chi connectivity index (χ4n) is 3.59. The van der Waals surface area contributed by atoms with Crippen molar-refractivity contribution >= 4 is 5.91 Å². The average Bonchev–Trinajstić information content (AvgIpc) is 2.60. The minimum Gasteiger partial charge on any atom is -0.352 e. The van der Waals surface area contributed by atoms with E-state index in [2.05, 4.69) is 32.7 Å². The van der Waals surface area contributed by atoms with Crippen molar-refractivity contribution in [1.29, 1.82) is 0 Å². The third-order valence-corrected chi connectivity index (χ3v) is 5.55. The van der Waals surface area contributed by atoms with E-state index in [0.29, 0.717) is 5.57 Å². The molecule has 154 valence electrons. The highest BCUT2D eigenvalue weighted by molar-refractivity contribution is 5.91. The Kier molecular flexibility index (Phi) is 17.1. The number of amides is 1. The van der Waals surface area contributed by atoms with Crippen LogP contribution in [0.5, 0.6) is 0 Å². The van der Waals surface area contributed by atoms with Gasteiger partial charge in [0.1, 0.15) is 0 Å². The third kappa shape index (κ3) is 15.5. The largest absolute Gasteiger partial charge is 0.352 e. The van der Waals surface area contributed by atoms with Crippen molar-refractivity contribution in [3.8, 4) is 0 Å². The van der Waals surface area contributed by atoms with Gasteiger partial charge in [0, 0.05) is 12.1 Å². The second-order valence-electron chi connectivity index (χ2n) is 8.51. The second-order valence-corrected chi connectivity index (χ2v) is 8.51. The van der Waals surface area contributed by atoms with Crippen molar-refractivity contribution in [1.82, 2.24) is 5.32 Å². The van der Waals surface area contributed by atoms with Crippen LogP contribution < -0.4 is 5.32 Å². The van der Waals surface area contributed by atoms with E-state index in [0.717, 1.165) is 24.8 Å². The molecule has 0 saturated carbocycles. The fraction of sp³-hybridized carbons (Fsp3) is 0.875. The first-order chi connectivity index (χ1) is 12.5. The molecule has 0 aromatic rings. The molecule has 1 unspecified atom stereocenters. The summed E-state index contributed by atoms with van der Waals surface area (Å²) < 4.78 is 0. The summed E-state index contributed by atoms with van der Waals surface area (Å²) in [4.78, 5) is 11.5. The molecular formula is C24H47NO. The monoisotopic (exact) mass is 365 g/mol. The van der Waals surface area contributed by atoms with Gasteiger partial charge in [0.15, 0.2) is 0 Å². The Morgan fingerprint density at radius 1 is 0.808 bits per heavy atom. The number of rotatable bonds is 18. The van der Waals surface area contributed by atoms with E-state index in [4.69, 9.17) is 0 Å². The summed E-state index contributed by atoms with van der Waals surface area (Å²) in [6, 6.07) is 0. The van der Waals surface area contributed by atoms with Gasteiger partial charge in [-0.3, -0.25) is 4.79 Å². The van der Waals surface area contributed by atoms with Gasteiger partial charge in [-0.2, -0.15) is 0 Å². The van der Waals surface area contributed by atoms with E-state index >= 15 is 0 Å². The Labute approximate surface area is 164 Å². The molecule has 1 N–H and O–H groups in total. The summed E-state index contributed by atoms with van der Waals surface area (Å²) >= 11 is 0. The summed E-state index contributed by atoms with van der Waals surface area (Å²) in [6.07, 6.45) is 19.2. The molecule has 0 spiro atoms. The lowest BCUT2D eigenvalue weighted by Crippen LogP contribution is -2.24. The average molecular weight is 366 g/mol. The molecule has 0 heterocycles. The van der Waals surface area contributed by atoms with E-state index in [1.807, 2.05) is 0 Å². The van der Waals surface area contributed by atoms with E-state index in [1.54, 1.807) is 6.92 Å². The minimum absolute atomic E-state index is 0.00391. The molecule has 0 aliphatic rings. The zero-order valence-corrected chi connectivity index (χ0v) is 18.4. The van der Waals surface area contributed by atoms with E-state index in [9.17, 15) is 4.79 Å². The zero-order chi connectivity index (χ0) is 19.6. The standard InChI is InChI=1S/C24H47NO/c1-6-7-8-9-10-11-12-13-14-15-18-23(21(2)3)19-16-17-20-25-24(26)22(4)5/h21,23H,4,6-20H2,1-3,5H3,(H,25,26). The van der Waals surface area contributed by atoms with Gasteiger partial charge in [-0.1, -0.05) is 111 Å². The van der Waals surface area contributed by atoms with E-state index in [1.165, 1.54) is 83.5 Å². The van der Waals surface area contributed by atoms with Crippen molar-refractivity contribution in [3.63, 3.8) is 0 Å². The second kappa shape index (κ2) is 17.6. The highest BCUT2D eigenvalue weighted by Gasteiger charge is 2.12. The third-order valence-electron chi connectivity index (χ3n) is 5.55. The predicted octanol–water partition coefficient (Wildman–Crippen LogP) is 7.43. The normalized spacial score (nSPS) is 12.3. The molecule has 0 rings (SSSR count). The van der Waals surface area contributed by atoms with Gasteiger partial charge in [-0.15, -0.1) is 0 Å². The SMILES string of the molecule is C=C(C)C(=O)NCCCCC(CCCCCCCCCCCC)C(C)C. The van der Waals surface area contributed by atoms with E-state index < -0.39 is 0 Å². The number of unbranched alkanes of at least 4 members (excludes halogenated alkanes) is 10. The smallest absolute Gasteiger partial charge is 0.246 e. The van der Waals surface area contributed by atoms with Gasteiger partial charge in [0.05, 0.1) is 0 Å². The van der Waals surface area contributed by atoms with Gasteiger partial charge in [0.2, 0.25) is 5.91 Å². The van der Waals surface area contributed by atoms with Crippen LogP contribution in [0.4, 0.5) is 0 Å². The Morgan fingerprint density at radius 3 is 1.73 bits per heavy atom.